The molecule has 7 aromatic rings. The molecule has 214 valence electrons. The van der Waals surface area contributed by atoms with Crippen LogP contribution >= 0.6 is 0 Å². The van der Waals surface area contributed by atoms with Gasteiger partial charge < -0.3 is 0 Å². The standard InChI is InChI=1S/C42H33BN2/c1-30-22-24-44-40(26-30)34-16-9-18-36(28-34)43(37-19-10-17-35(29-37)41-27-31(2)23-25-45-41)42-38(32-12-5-3-6-13-32)20-11-21-39(42)33-14-7-4-8-15-33/h3-29H,1-2H3. The first kappa shape index (κ1) is 28.2. The Bertz CT molecular complexity index is 1940. The summed E-state index contributed by atoms with van der Waals surface area (Å²) in [5.41, 5.74) is 15.1. The van der Waals surface area contributed by atoms with Gasteiger partial charge in [0.1, 0.15) is 0 Å². The van der Waals surface area contributed by atoms with Crippen LogP contribution in [0.15, 0.2) is 164 Å². The molecule has 2 nitrogen and oxygen atoms in total. The molecule has 0 bridgehead atoms. The van der Waals surface area contributed by atoms with E-state index in [9.17, 15) is 0 Å². The molecule has 0 aliphatic carbocycles. The Kier molecular flexibility index (Phi) is 7.91. The molecule has 0 unspecified atom stereocenters. The van der Waals surface area contributed by atoms with Gasteiger partial charge in [0.15, 0.2) is 0 Å². The van der Waals surface area contributed by atoms with Crippen molar-refractivity contribution >= 4 is 23.1 Å². The summed E-state index contributed by atoms with van der Waals surface area (Å²) in [4.78, 5) is 9.48. The average molecular weight is 577 g/mol. The number of pyridine rings is 2. The van der Waals surface area contributed by atoms with Gasteiger partial charge in [0.2, 0.25) is 6.71 Å². The molecule has 0 fully saturated rings. The molecule has 0 radical (unpaired) electrons. The number of rotatable bonds is 7. The molecule has 0 spiro atoms. The first-order chi connectivity index (χ1) is 22.1. The van der Waals surface area contributed by atoms with Gasteiger partial charge in [-0.1, -0.05) is 144 Å². The number of hydrogen-bond acceptors (Lipinski definition) is 2. The summed E-state index contributed by atoms with van der Waals surface area (Å²) in [6.07, 6.45) is 3.79. The number of aryl methyl sites for hydroxylation is 2. The molecular formula is C42H33BN2. The molecule has 2 aromatic heterocycles. The van der Waals surface area contributed by atoms with Crippen LogP contribution in [0.1, 0.15) is 11.1 Å². The second kappa shape index (κ2) is 12.6. The molecule has 5 aromatic carbocycles. The summed E-state index contributed by atoms with van der Waals surface area (Å²) in [5.74, 6) is 0. The summed E-state index contributed by atoms with van der Waals surface area (Å²) in [7, 11) is 0. The fraction of sp³-hybridized carbons (Fsp3) is 0.0476. The van der Waals surface area contributed by atoms with Crippen LogP contribution in [-0.2, 0) is 0 Å². The monoisotopic (exact) mass is 576 g/mol. The van der Waals surface area contributed by atoms with Gasteiger partial charge >= 0.3 is 0 Å². The van der Waals surface area contributed by atoms with E-state index >= 15 is 0 Å². The predicted molar refractivity (Wildman–Crippen MR) is 191 cm³/mol. The third-order valence-corrected chi connectivity index (χ3v) is 8.43. The SMILES string of the molecule is Cc1ccnc(-c2cccc(B(c3cccc(-c4cc(C)ccn4)c3)c3c(-c4ccccc4)cccc3-c3ccccc3)c2)c1. The Hall–Kier alpha value is -5.54. The number of nitrogens with zero attached hydrogens (tertiary/aromatic N) is 2. The molecule has 7 rings (SSSR count). The lowest BCUT2D eigenvalue weighted by atomic mass is 9.35. The van der Waals surface area contributed by atoms with Crippen LogP contribution in [0.2, 0.25) is 0 Å². The molecule has 0 atom stereocenters. The third kappa shape index (κ3) is 5.98. The zero-order chi connectivity index (χ0) is 30.6. The van der Waals surface area contributed by atoms with Crippen molar-refractivity contribution in [2.75, 3.05) is 0 Å². The molecular weight excluding hydrogens is 543 g/mol. The number of benzene rings is 5. The lowest BCUT2D eigenvalue weighted by Gasteiger charge is -2.24. The molecule has 0 N–H and O–H groups in total. The van der Waals surface area contributed by atoms with Crippen LogP contribution in [-0.4, -0.2) is 16.7 Å². The van der Waals surface area contributed by atoms with Gasteiger partial charge in [0, 0.05) is 12.4 Å². The van der Waals surface area contributed by atoms with Crippen molar-refractivity contribution in [3.05, 3.63) is 175 Å². The Morgan fingerprint density at radius 2 is 0.822 bits per heavy atom. The minimum atomic E-state index is -0.0638. The highest BCUT2D eigenvalue weighted by Crippen LogP contribution is 2.27. The topological polar surface area (TPSA) is 25.8 Å². The molecule has 0 saturated carbocycles. The Labute approximate surface area is 266 Å². The van der Waals surface area contributed by atoms with E-state index in [1.807, 2.05) is 24.5 Å². The Morgan fingerprint density at radius 3 is 1.27 bits per heavy atom. The van der Waals surface area contributed by atoms with E-state index in [0.717, 1.165) is 22.5 Å². The zero-order valence-corrected chi connectivity index (χ0v) is 25.6. The van der Waals surface area contributed by atoms with Crippen molar-refractivity contribution in [1.29, 1.82) is 0 Å². The minimum Gasteiger partial charge on any atom is -0.256 e. The Balaban J connectivity index is 1.52. The second-order valence-corrected chi connectivity index (χ2v) is 11.6. The molecule has 0 saturated heterocycles. The zero-order valence-electron chi connectivity index (χ0n) is 25.6. The molecule has 0 aliphatic rings. The highest BCUT2D eigenvalue weighted by Gasteiger charge is 2.29. The second-order valence-electron chi connectivity index (χ2n) is 11.6. The van der Waals surface area contributed by atoms with Gasteiger partial charge in [-0.15, -0.1) is 0 Å². The molecule has 45 heavy (non-hydrogen) atoms. The predicted octanol–water partition coefficient (Wildman–Crippen LogP) is 8.28. The quantitative estimate of drug-likeness (QED) is 0.179. The minimum absolute atomic E-state index is 0.0638. The lowest BCUT2D eigenvalue weighted by molar-refractivity contribution is 1.29. The van der Waals surface area contributed by atoms with Gasteiger partial charge in [0.05, 0.1) is 11.4 Å². The van der Waals surface area contributed by atoms with Crippen LogP contribution in [0.4, 0.5) is 0 Å². The summed E-state index contributed by atoms with van der Waals surface area (Å²) in [6.45, 7) is 4.17. The highest BCUT2D eigenvalue weighted by molar-refractivity contribution is 6.97. The van der Waals surface area contributed by atoms with E-state index in [2.05, 4.69) is 153 Å². The molecule has 0 aliphatic heterocycles. The van der Waals surface area contributed by atoms with Crippen molar-refractivity contribution in [2.45, 2.75) is 13.8 Å². The van der Waals surface area contributed by atoms with Gasteiger partial charge in [-0.3, -0.25) is 9.97 Å². The highest BCUT2D eigenvalue weighted by atomic mass is 14.7. The van der Waals surface area contributed by atoms with E-state index in [-0.39, 0.29) is 6.71 Å². The maximum atomic E-state index is 4.74. The van der Waals surface area contributed by atoms with Crippen molar-refractivity contribution in [2.24, 2.45) is 0 Å². The lowest BCUT2D eigenvalue weighted by Crippen LogP contribution is -2.53. The normalized spacial score (nSPS) is 10.9. The maximum Gasteiger partial charge on any atom is 0.242 e. The first-order valence-corrected chi connectivity index (χ1v) is 15.4. The smallest absolute Gasteiger partial charge is 0.242 e. The van der Waals surface area contributed by atoms with E-state index < -0.39 is 0 Å². The largest absolute Gasteiger partial charge is 0.256 e. The molecule has 2 heterocycles. The maximum absolute atomic E-state index is 4.74. The van der Waals surface area contributed by atoms with E-state index in [4.69, 9.17) is 9.97 Å². The fourth-order valence-electron chi connectivity index (χ4n) is 6.28. The van der Waals surface area contributed by atoms with Crippen LogP contribution in [0.3, 0.4) is 0 Å². The van der Waals surface area contributed by atoms with Gasteiger partial charge in [-0.05, 0) is 82.6 Å². The average Bonchev–Trinajstić information content (AvgIpc) is 3.09. The summed E-state index contributed by atoms with van der Waals surface area (Å²) in [5, 5.41) is 0. The molecule has 3 heteroatoms. The van der Waals surface area contributed by atoms with Crippen molar-refractivity contribution in [3.8, 4) is 44.8 Å². The summed E-state index contributed by atoms with van der Waals surface area (Å²) in [6, 6.07) is 54.5. The van der Waals surface area contributed by atoms with Crippen molar-refractivity contribution in [3.63, 3.8) is 0 Å². The summed E-state index contributed by atoms with van der Waals surface area (Å²) >= 11 is 0. The molecule has 0 amide bonds. The van der Waals surface area contributed by atoms with Gasteiger partial charge in [-0.2, -0.15) is 0 Å². The number of aromatic nitrogens is 2. The Morgan fingerprint density at radius 1 is 0.400 bits per heavy atom. The van der Waals surface area contributed by atoms with Crippen molar-refractivity contribution < 1.29 is 0 Å². The van der Waals surface area contributed by atoms with Crippen molar-refractivity contribution in [1.82, 2.24) is 9.97 Å². The fourth-order valence-corrected chi connectivity index (χ4v) is 6.28. The number of hydrogen-bond donors (Lipinski definition) is 0. The van der Waals surface area contributed by atoms with E-state index in [1.165, 1.54) is 49.8 Å². The van der Waals surface area contributed by atoms with Crippen LogP contribution in [0, 0.1) is 13.8 Å². The van der Waals surface area contributed by atoms with Crippen LogP contribution in [0.5, 0.6) is 0 Å². The summed E-state index contributed by atoms with van der Waals surface area (Å²) < 4.78 is 0. The van der Waals surface area contributed by atoms with E-state index in [1.54, 1.807) is 0 Å². The van der Waals surface area contributed by atoms with Crippen LogP contribution < -0.4 is 16.4 Å². The third-order valence-electron chi connectivity index (χ3n) is 8.43. The van der Waals surface area contributed by atoms with E-state index in [0.29, 0.717) is 0 Å². The first-order valence-electron chi connectivity index (χ1n) is 15.4. The van der Waals surface area contributed by atoms with Gasteiger partial charge in [-0.25, -0.2) is 0 Å². The van der Waals surface area contributed by atoms with Gasteiger partial charge in [0.25, 0.3) is 0 Å². The van der Waals surface area contributed by atoms with Crippen LogP contribution in [0.25, 0.3) is 44.8 Å².